The first-order chi connectivity index (χ1) is 15.0. The quantitative estimate of drug-likeness (QED) is 0.471. The van der Waals surface area contributed by atoms with Crippen LogP contribution in [0.4, 0.5) is 19.0 Å². The van der Waals surface area contributed by atoms with Gasteiger partial charge in [0, 0.05) is 11.1 Å². The van der Waals surface area contributed by atoms with E-state index in [-0.39, 0.29) is 18.1 Å². The fraction of sp³-hybridized carbons (Fsp3) is 0.0417. The molecule has 4 rings (SSSR count). The van der Waals surface area contributed by atoms with Crippen molar-refractivity contribution < 1.29 is 18.0 Å². The van der Waals surface area contributed by atoms with Gasteiger partial charge in [0.1, 0.15) is 11.5 Å². The van der Waals surface area contributed by atoms with Crippen LogP contribution in [0.5, 0.6) is 0 Å². The number of nitrogens with one attached hydrogen (secondary N) is 1. The predicted octanol–water partition coefficient (Wildman–Crippen LogP) is 5.41. The number of aromatic nitrogens is 2. The zero-order valence-electron chi connectivity index (χ0n) is 16.1. The molecule has 1 amide bonds. The van der Waals surface area contributed by atoms with Gasteiger partial charge in [-0.1, -0.05) is 36.4 Å². The van der Waals surface area contributed by atoms with Gasteiger partial charge in [-0.2, -0.15) is 0 Å². The van der Waals surface area contributed by atoms with Crippen molar-refractivity contribution in [2.75, 3.05) is 5.32 Å². The highest BCUT2D eigenvalue weighted by Crippen LogP contribution is 2.28. The number of amides is 1. The van der Waals surface area contributed by atoms with Gasteiger partial charge in [0.15, 0.2) is 17.5 Å². The lowest BCUT2D eigenvalue weighted by Crippen LogP contribution is -2.17. The minimum Gasteiger partial charge on any atom is -0.309 e. The predicted molar refractivity (Wildman–Crippen MR) is 112 cm³/mol. The smallest absolute Gasteiger partial charge is 0.230 e. The highest BCUT2D eigenvalue weighted by Gasteiger charge is 2.15. The minimum absolute atomic E-state index is 0.160. The van der Waals surface area contributed by atoms with Gasteiger partial charge < -0.3 is 5.32 Å². The van der Waals surface area contributed by atoms with Gasteiger partial charge in [-0.15, -0.1) is 0 Å². The van der Waals surface area contributed by atoms with Crippen LogP contribution < -0.4 is 5.32 Å². The van der Waals surface area contributed by atoms with Gasteiger partial charge in [0.2, 0.25) is 5.91 Å². The average molecular weight is 419 g/mol. The molecule has 1 aromatic heterocycles. The van der Waals surface area contributed by atoms with E-state index in [1.165, 1.54) is 24.4 Å². The second-order valence-corrected chi connectivity index (χ2v) is 6.80. The third-order valence-corrected chi connectivity index (χ3v) is 4.57. The van der Waals surface area contributed by atoms with Crippen molar-refractivity contribution in [3.05, 3.63) is 102 Å². The molecule has 0 spiro atoms. The molecule has 1 heterocycles. The van der Waals surface area contributed by atoms with E-state index in [1.807, 2.05) is 30.3 Å². The zero-order valence-corrected chi connectivity index (χ0v) is 16.1. The van der Waals surface area contributed by atoms with E-state index in [1.54, 1.807) is 12.1 Å². The van der Waals surface area contributed by atoms with Crippen LogP contribution in [-0.2, 0) is 11.2 Å². The molecule has 4 aromatic rings. The molecule has 0 unspecified atom stereocenters. The van der Waals surface area contributed by atoms with E-state index in [4.69, 9.17) is 0 Å². The molecule has 0 saturated heterocycles. The molecule has 0 saturated carbocycles. The Kier molecular flexibility index (Phi) is 5.75. The average Bonchev–Trinajstić information content (AvgIpc) is 2.78. The van der Waals surface area contributed by atoms with Gasteiger partial charge in [-0.3, -0.25) is 4.79 Å². The van der Waals surface area contributed by atoms with Crippen molar-refractivity contribution in [3.63, 3.8) is 0 Å². The Bertz CT molecular complexity index is 1230. The molecular formula is C24H16F3N3O. The summed E-state index contributed by atoms with van der Waals surface area (Å²) in [5.74, 6) is -2.57. The van der Waals surface area contributed by atoms with E-state index in [2.05, 4.69) is 15.3 Å². The third kappa shape index (κ3) is 4.78. The first kappa shape index (κ1) is 20.3. The Morgan fingerprint density at radius 2 is 1.58 bits per heavy atom. The van der Waals surface area contributed by atoms with Crippen LogP contribution in [-0.4, -0.2) is 15.9 Å². The molecule has 0 aliphatic rings. The third-order valence-electron chi connectivity index (χ3n) is 4.57. The van der Waals surface area contributed by atoms with Crippen molar-refractivity contribution in [2.45, 2.75) is 6.42 Å². The molecule has 0 aliphatic heterocycles. The number of halogens is 3. The maximum Gasteiger partial charge on any atom is 0.230 e. The van der Waals surface area contributed by atoms with Crippen LogP contribution >= 0.6 is 0 Å². The molecule has 154 valence electrons. The van der Waals surface area contributed by atoms with Gasteiger partial charge in [-0.25, -0.2) is 23.1 Å². The number of rotatable bonds is 5. The second-order valence-electron chi connectivity index (χ2n) is 6.80. The van der Waals surface area contributed by atoms with E-state index in [0.29, 0.717) is 22.5 Å². The number of anilines is 1. The summed E-state index contributed by atoms with van der Waals surface area (Å²) in [4.78, 5) is 21.5. The van der Waals surface area contributed by atoms with Crippen molar-refractivity contribution in [1.82, 2.24) is 9.97 Å². The Morgan fingerprint density at radius 3 is 2.29 bits per heavy atom. The summed E-state index contributed by atoms with van der Waals surface area (Å²) in [6, 6.07) is 18.3. The van der Waals surface area contributed by atoms with Gasteiger partial charge in [0.25, 0.3) is 0 Å². The number of hydrogen-bond donors (Lipinski definition) is 1. The molecule has 31 heavy (non-hydrogen) atoms. The fourth-order valence-corrected chi connectivity index (χ4v) is 3.05. The molecular weight excluding hydrogens is 403 g/mol. The highest BCUT2D eigenvalue weighted by molar-refractivity contribution is 5.94. The number of nitrogens with zero attached hydrogens (tertiary/aromatic N) is 2. The Hall–Kier alpha value is -4.00. The Balaban J connectivity index is 1.65. The maximum absolute atomic E-state index is 13.4. The molecule has 3 aromatic carbocycles. The normalized spacial score (nSPS) is 10.7. The molecule has 4 nitrogen and oxygen atoms in total. The van der Waals surface area contributed by atoms with E-state index in [9.17, 15) is 18.0 Å². The molecule has 0 radical (unpaired) electrons. The molecule has 0 bridgehead atoms. The van der Waals surface area contributed by atoms with Crippen LogP contribution in [0, 0.1) is 17.5 Å². The van der Waals surface area contributed by atoms with Crippen molar-refractivity contribution >= 4 is 11.7 Å². The molecule has 0 fully saturated rings. The van der Waals surface area contributed by atoms with E-state index >= 15 is 0 Å². The van der Waals surface area contributed by atoms with Crippen LogP contribution in [0.3, 0.4) is 0 Å². The van der Waals surface area contributed by atoms with Crippen molar-refractivity contribution in [2.24, 2.45) is 0 Å². The topological polar surface area (TPSA) is 54.9 Å². The molecule has 1 N–H and O–H groups in total. The summed E-state index contributed by atoms with van der Waals surface area (Å²) < 4.78 is 39.8. The summed E-state index contributed by atoms with van der Waals surface area (Å²) >= 11 is 0. The van der Waals surface area contributed by atoms with Gasteiger partial charge >= 0.3 is 0 Å². The number of hydrogen-bond acceptors (Lipinski definition) is 3. The maximum atomic E-state index is 13.4. The number of carbonyl (C=O) groups excluding carboxylic acids is 1. The summed E-state index contributed by atoms with van der Waals surface area (Å²) in [7, 11) is 0. The highest BCUT2D eigenvalue weighted by atomic mass is 19.2. The lowest BCUT2D eigenvalue weighted by Gasteiger charge is -2.12. The molecule has 0 atom stereocenters. The fourth-order valence-electron chi connectivity index (χ4n) is 3.05. The minimum atomic E-state index is -1.02. The first-order valence-electron chi connectivity index (χ1n) is 9.42. The SMILES string of the molecule is O=C(Cc1ccc(F)c(F)c1)Nc1ncc(-c2ccc(F)cc2)nc1-c1ccccc1. The van der Waals surface area contributed by atoms with Gasteiger partial charge in [0.05, 0.1) is 18.3 Å². The summed E-state index contributed by atoms with van der Waals surface area (Å²) in [5.41, 5.74) is 2.67. The second kappa shape index (κ2) is 8.79. The van der Waals surface area contributed by atoms with Crippen LogP contribution in [0.25, 0.3) is 22.5 Å². The summed E-state index contributed by atoms with van der Waals surface area (Å²) in [5, 5.41) is 2.69. The summed E-state index contributed by atoms with van der Waals surface area (Å²) in [6.07, 6.45) is 1.32. The van der Waals surface area contributed by atoms with Crippen LogP contribution in [0.2, 0.25) is 0 Å². The largest absolute Gasteiger partial charge is 0.309 e. The van der Waals surface area contributed by atoms with E-state index in [0.717, 1.165) is 17.7 Å². The zero-order chi connectivity index (χ0) is 21.8. The molecule has 0 aliphatic carbocycles. The first-order valence-corrected chi connectivity index (χ1v) is 9.42. The van der Waals surface area contributed by atoms with E-state index < -0.39 is 17.5 Å². The molecule has 7 heteroatoms. The monoisotopic (exact) mass is 419 g/mol. The Labute approximate surface area is 176 Å². The lowest BCUT2D eigenvalue weighted by molar-refractivity contribution is -0.115. The lowest BCUT2D eigenvalue weighted by atomic mass is 10.1. The standard InChI is InChI=1S/C24H16F3N3O/c25-18-9-7-16(8-10-18)21-14-28-24(23(29-21)17-4-2-1-3-5-17)30-22(31)13-15-6-11-19(26)20(27)12-15/h1-12,14H,13H2,(H,28,30,31). The van der Waals surface area contributed by atoms with Crippen LogP contribution in [0.15, 0.2) is 79.0 Å². The number of carbonyl (C=O) groups is 1. The van der Waals surface area contributed by atoms with Gasteiger partial charge in [-0.05, 0) is 42.0 Å². The number of benzene rings is 3. The summed E-state index contributed by atoms with van der Waals surface area (Å²) in [6.45, 7) is 0. The van der Waals surface area contributed by atoms with Crippen LogP contribution in [0.1, 0.15) is 5.56 Å². The van der Waals surface area contributed by atoms with Crippen molar-refractivity contribution in [3.8, 4) is 22.5 Å². The van der Waals surface area contributed by atoms with Crippen molar-refractivity contribution in [1.29, 1.82) is 0 Å². The Morgan fingerprint density at radius 1 is 0.839 bits per heavy atom.